The monoisotopic (exact) mass is 368 g/mol. The Morgan fingerprint density at radius 2 is 1.22 bits per heavy atom. The highest BCUT2D eigenvalue weighted by Gasteiger charge is 2.29. The van der Waals surface area contributed by atoms with Gasteiger partial charge in [0.1, 0.15) is 11.5 Å². The van der Waals surface area contributed by atoms with Crippen molar-refractivity contribution in [1.82, 2.24) is 0 Å². The van der Waals surface area contributed by atoms with E-state index in [1.54, 1.807) is 14.2 Å². The van der Waals surface area contributed by atoms with Gasteiger partial charge in [0.15, 0.2) is 0 Å². The van der Waals surface area contributed by atoms with Gasteiger partial charge in [-0.05, 0) is 54.7 Å². The SMILES string of the molecule is CCCCCCCC(C)(c1ccc(OC)c(C)c1)c1ccc(OC)c(C)c1. The predicted octanol–water partition coefficient (Wildman–Crippen LogP) is 6.99. The van der Waals surface area contributed by atoms with Gasteiger partial charge in [0.2, 0.25) is 0 Å². The summed E-state index contributed by atoms with van der Waals surface area (Å²) in [6.45, 7) is 8.91. The fourth-order valence-corrected chi connectivity index (χ4v) is 3.98. The summed E-state index contributed by atoms with van der Waals surface area (Å²) >= 11 is 0. The van der Waals surface area contributed by atoms with E-state index < -0.39 is 0 Å². The number of methoxy groups -OCH3 is 2. The number of unbranched alkanes of at least 4 members (excludes halogenated alkanes) is 4. The minimum absolute atomic E-state index is 0.0136. The van der Waals surface area contributed by atoms with Crippen LogP contribution in [0.4, 0.5) is 0 Å². The third-order valence-corrected chi connectivity index (χ3v) is 5.84. The summed E-state index contributed by atoms with van der Waals surface area (Å²) in [5, 5.41) is 0. The first-order valence-corrected chi connectivity index (χ1v) is 10.3. The molecule has 148 valence electrons. The number of hydrogen-bond acceptors (Lipinski definition) is 2. The maximum absolute atomic E-state index is 5.48. The van der Waals surface area contributed by atoms with Gasteiger partial charge in [0.05, 0.1) is 14.2 Å². The van der Waals surface area contributed by atoms with Crippen LogP contribution >= 0.6 is 0 Å². The average Bonchev–Trinajstić information content (AvgIpc) is 2.67. The van der Waals surface area contributed by atoms with Crippen molar-refractivity contribution in [3.8, 4) is 11.5 Å². The molecule has 0 atom stereocenters. The first-order chi connectivity index (χ1) is 13.0. The Bertz CT molecular complexity index is 680. The molecule has 0 fully saturated rings. The molecule has 0 bridgehead atoms. The zero-order valence-electron chi connectivity index (χ0n) is 18.0. The summed E-state index contributed by atoms with van der Waals surface area (Å²) in [6, 6.07) is 13.3. The lowest BCUT2D eigenvalue weighted by Gasteiger charge is -2.32. The highest BCUT2D eigenvalue weighted by Crippen LogP contribution is 2.40. The van der Waals surface area contributed by atoms with Crippen LogP contribution in [0.5, 0.6) is 11.5 Å². The topological polar surface area (TPSA) is 18.5 Å². The Balaban J connectivity index is 2.38. The minimum atomic E-state index is -0.0136. The molecule has 2 nitrogen and oxygen atoms in total. The van der Waals surface area contributed by atoms with E-state index in [1.165, 1.54) is 54.4 Å². The number of hydrogen-bond donors (Lipinski definition) is 0. The molecular weight excluding hydrogens is 332 g/mol. The number of rotatable bonds is 10. The maximum atomic E-state index is 5.48. The third-order valence-electron chi connectivity index (χ3n) is 5.84. The fraction of sp³-hybridized carbons (Fsp3) is 0.520. The van der Waals surface area contributed by atoms with Crippen LogP contribution in [0, 0.1) is 13.8 Å². The molecule has 0 aliphatic rings. The van der Waals surface area contributed by atoms with Gasteiger partial charge in [0.25, 0.3) is 0 Å². The van der Waals surface area contributed by atoms with Crippen LogP contribution in [-0.2, 0) is 5.41 Å². The van der Waals surface area contributed by atoms with E-state index in [2.05, 4.69) is 64.1 Å². The molecule has 0 amide bonds. The van der Waals surface area contributed by atoms with Gasteiger partial charge in [-0.1, -0.05) is 70.2 Å². The molecule has 2 aromatic rings. The molecule has 0 aliphatic heterocycles. The summed E-state index contributed by atoms with van der Waals surface area (Å²) in [5.74, 6) is 1.91. The van der Waals surface area contributed by atoms with Gasteiger partial charge in [-0.2, -0.15) is 0 Å². The molecule has 0 N–H and O–H groups in total. The lowest BCUT2D eigenvalue weighted by molar-refractivity contribution is 0.409. The van der Waals surface area contributed by atoms with E-state index >= 15 is 0 Å². The predicted molar refractivity (Wildman–Crippen MR) is 115 cm³/mol. The third kappa shape index (κ3) is 5.06. The number of aryl methyl sites for hydroxylation is 2. The second-order valence-electron chi connectivity index (χ2n) is 7.87. The van der Waals surface area contributed by atoms with Crippen LogP contribution in [0.2, 0.25) is 0 Å². The van der Waals surface area contributed by atoms with E-state index in [0.717, 1.165) is 17.9 Å². The fourth-order valence-electron chi connectivity index (χ4n) is 3.98. The molecule has 0 aliphatic carbocycles. The quantitative estimate of drug-likeness (QED) is 0.421. The number of ether oxygens (including phenoxy) is 2. The highest BCUT2D eigenvalue weighted by atomic mass is 16.5. The maximum Gasteiger partial charge on any atom is 0.121 e. The summed E-state index contributed by atoms with van der Waals surface area (Å²) in [6.07, 6.45) is 7.64. The van der Waals surface area contributed by atoms with Crippen LogP contribution in [0.3, 0.4) is 0 Å². The zero-order valence-corrected chi connectivity index (χ0v) is 18.0. The van der Waals surface area contributed by atoms with Crippen LogP contribution in [0.1, 0.15) is 74.6 Å². The van der Waals surface area contributed by atoms with Crippen molar-refractivity contribution < 1.29 is 9.47 Å². The van der Waals surface area contributed by atoms with Gasteiger partial charge in [-0.25, -0.2) is 0 Å². The Morgan fingerprint density at radius 3 is 1.63 bits per heavy atom. The van der Waals surface area contributed by atoms with Crippen molar-refractivity contribution in [2.45, 2.75) is 71.6 Å². The molecule has 0 saturated carbocycles. The Kier molecular flexibility index (Phi) is 7.77. The van der Waals surface area contributed by atoms with Crippen molar-refractivity contribution in [1.29, 1.82) is 0 Å². The first kappa shape index (κ1) is 21.3. The van der Waals surface area contributed by atoms with E-state index in [-0.39, 0.29) is 5.41 Å². The lowest BCUT2D eigenvalue weighted by atomic mass is 9.72. The van der Waals surface area contributed by atoms with Gasteiger partial charge in [0, 0.05) is 5.41 Å². The Labute approximate surface area is 165 Å². The van der Waals surface area contributed by atoms with Gasteiger partial charge < -0.3 is 9.47 Å². The molecule has 2 aromatic carbocycles. The van der Waals surface area contributed by atoms with E-state index in [1.807, 2.05) is 0 Å². The molecule has 0 heterocycles. The van der Waals surface area contributed by atoms with Gasteiger partial charge in [-0.15, -0.1) is 0 Å². The molecule has 0 aromatic heterocycles. The Hall–Kier alpha value is -1.96. The summed E-state index contributed by atoms with van der Waals surface area (Å²) in [7, 11) is 3.48. The lowest BCUT2D eigenvalue weighted by Crippen LogP contribution is -2.24. The molecular formula is C25H36O2. The van der Waals surface area contributed by atoms with Crippen molar-refractivity contribution >= 4 is 0 Å². The summed E-state index contributed by atoms with van der Waals surface area (Å²) in [5.41, 5.74) is 5.09. The largest absolute Gasteiger partial charge is 0.496 e. The molecule has 27 heavy (non-hydrogen) atoms. The van der Waals surface area contributed by atoms with Crippen LogP contribution < -0.4 is 9.47 Å². The van der Waals surface area contributed by atoms with Crippen LogP contribution in [-0.4, -0.2) is 14.2 Å². The van der Waals surface area contributed by atoms with Crippen molar-refractivity contribution in [2.24, 2.45) is 0 Å². The van der Waals surface area contributed by atoms with Crippen molar-refractivity contribution in [3.05, 3.63) is 58.7 Å². The van der Waals surface area contributed by atoms with Crippen molar-refractivity contribution in [2.75, 3.05) is 14.2 Å². The molecule has 0 radical (unpaired) electrons. The smallest absolute Gasteiger partial charge is 0.121 e. The first-order valence-electron chi connectivity index (χ1n) is 10.3. The van der Waals surface area contributed by atoms with Crippen molar-refractivity contribution in [3.63, 3.8) is 0 Å². The van der Waals surface area contributed by atoms with E-state index in [0.29, 0.717) is 0 Å². The standard InChI is InChI=1S/C25H36O2/c1-7-8-9-10-11-16-25(4,21-12-14-23(26-5)19(2)17-21)22-13-15-24(27-6)20(3)18-22/h12-15,17-18H,7-11,16H2,1-6H3. The highest BCUT2D eigenvalue weighted by molar-refractivity contribution is 5.47. The average molecular weight is 369 g/mol. The normalized spacial score (nSPS) is 11.5. The van der Waals surface area contributed by atoms with Crippen LogP contribution in [0.25, 0.3) is 0 Å². The molecule has 2 rings (SSSR count). The molecule has 2 heteroatoms. The number of benzene rings is 2. The van der Waals surface area contributed by atoms with Crippen LogP contribution in [0.15, 0.2) is 36.4 Å². The van der Waals surface area contributed by atoms with Gasteiger partial charge >= 0.3 is 0 Å². The second-order valence-corrected chi connectivity index (χ2v) is 7.87. The Morgan fingerprint density at radius 1 is 0.741 bits per heavy atom. The zero-order chi connectivity index (χ0) is 19.9. The molecule has 0 unspecified atom stereocenters. The second kappa shape index (κ2) is 9.82. The van der Waals surface area contributed by atoms with Gasteiger partial charge in [-0.3, -0.25) is 0 Å². The molecule has 0 spiro atoms. The van der Waals surface area contributed by atoms with E-state index in [4.69, 9.17) is 9.47 Å². The molecule has 0 saturated heterocycles. The van der Waals surface area contributed by atoms with E-state index in [9.17, 15) is 0 Å². The minimum Gasteiger partial charge on any atom is -0.496 e. The summed E-state index contributed by atoms with van der Waals surface area (Å²) in [4.78, 5) is 0. The summed E-state index contributed by atoms with van der Waals surface area (Å²) < 4.78 is 11.0.